The van der Waals surface area contributed by atoms with E-state index in [0.717, 1.165) is 12.8 Å². The van der Waals surface area contributed by atoms with Crippen molar-refractivity contribution in [2.45, 2.75) is 32.2 Å². The van der Waals surface area contributed by atoms with Gasteiger partial charge in [-0.1, -0.05) is 25.5 Å². The van der Waals surface area contributed by atoms with Crippen LogP contribution in [-0.4, -0.2) is 34.9 Å². The number of carboxylic acid groups (broad SMARTS) is 1. The Hall–Kier alpha value is -2.24. The fourth-order valence-electron chi connectivity index (χ4n) is 1.61. The van der Waals surface area contributed by atoms with Crippen LogP contribution in [0.15, 0.2) is 24.3 Å². The van der Waals surface area contributed by atoms with E-state index >= 15 is 0 Å². The Balaban J connectivity index is 2.56. The number of aliphatic carboxylic acids is 1. The van der Waals surface area contributed by atoms with Crippen LogP contribution in [0.2, 0.25) is 0 Å². The molecule has 6 nitrogen and oxygen atoms in total. The molecule has 20 heavy (non-hydrogen) atoms. The molecule has 1 amide bonds. The highest BCUT2D eigenvalue weighted by molar-refractivity contribution is 5.80. The zero-order valence-electron chi connectivity index (χ0n) is 11.3. The maximum Gasteiger partial charge on any atom is 0.407 e. The van der Waals surface area contributed by atoms with Gasteiger partial charge in [-0.2, -0.15) is 0 Å². The van der Waals surface area contributed by atoms with Gasteiger partial charge < -0.3 is 20.3 Å². The molecular weight excluding hydrogens is 262 g/mol. The molecule has 0 aliphatic heterocycles. The molecule has 6 heteroatoms. The SMILES string of the molecule is CCCCOC(=O)N[C@@H](Cc1cccc(O)c1)C(=O)O. The van der Waals surface area contributed by atoms with E-state index in [4.69, 9.17) is 9.84 Å². The van der Waals surface area contributed by atoms with E-state index in [1.165, 1.54) is 12.1 Å². The molecule has 0 fully saturated rings. The van der Waals surface area contributed by atoms with Crippen LogP contribution < -0.4 is 5.32 Å². The Morgan fingerprint density at radius 1 is 1.40 bits per heavy atom. The van der Waals surface area contributed by atoms with Gasteiger partial charge in [-0.25, -0.2) is 9.59 Å². The first-order chi connectivity index (χ1) is 9.52. The predicted molar refractivity (Wildman–Crippen MR) is 72.6 cm³/mol. The monoisotopic (exact) mass is 281 g/mol. The summed E-state index contributed by atoms with van der Waals surface area (Å²) in [5, 5.41) is 20.7. The lowest BCUT2D eigenvalue weighted by molar-refractivity contribution is -0.139. The number of phenolic OH excluding ortho intramolecular Hbond substituents is 1. The molecule has 0 saturated carbocycles. The first-order valence-corrected chi connectivity index (χ1v) is 6.47. The Bertz CT molecular complexity index is 461. The van der Waals surface area contributed by atoms with Crippen molar-refractivity contribution >= 4 is 12.1 Å². The van der Waals surface area contributed by atoms with Gasteiger partial charge in [0, 0.05) is 6.42 Å². The lowest BCUT2D eigenvalue weighted by Gasteiger charge is -2.14. The fourth-order valence-corrected chi connectivity index (χ4v) is 1.61. The van der Waals surface area contributed by atoms with Crippen LogP contribution in [0, 0.1) is 0 Å². The smallest absolute Gasteiger partial charge is 0.407 e. The molecule has 0 aliphatic carbocycles. The molecule has 0 bridgehead atoms. The number of ether oxygens (including phenoxy) is 1. The third kappa shape index (κ3) is 5.60. The number of carbonyl (C=O) groups excluding carboxylic acids is 1. The first kappa shape index (κ1) is 15.8. The molecule has 3 N–H and O–H groups in total. The Labute approximate surface area is 117 Å². The van der Waals surface area contributed by atoms with E-state index in [9.17, 15) is 14.7 Å². The first-order valence-electron chi connectivity index (χ1n) is 6.47. The minimum atomic E-state index is -1.15. The molecule has 1 atom stereocenters. The van der Waals surface area contributed by atoms with Gasteiger partial charge in [0.1, 0.15) is 11.8 Å². The number of unbranched alkanes of at least 4 members (excludes halogenated alkanes) is 1. The number of amides is 1. The highest BCUT2D eigenvalue weighted by Crippen LogP contribution is 2.12. The number of hydrogen-bond acceptors (Lipinski definition) is 4. The van der Waals surface area contributed by atoms with Crippen LogP contribution in [0.4, 0.5) is 4.79 Å². The second-order valence-electron chi connectivity index (χ2n) is 4.40. The van der Waals surface area contributed by atoms with Crippen molar-refractivity contribution < 1.29 is 24.5 Å². The van der Waals surface area contributed by atoms with Crippen molar-refractivity contribution in [1.29, 1.82) is 0 Å². The number of carboxylic acids is 1. The van der Waals surface area contributed by atoms with Gasteiger partial charge >= 0.3 is 12.1 Å². The Kier molecular flexibility index (Phi) is 6.36. The quantitative estimate of drug-likeness (QED) is 0.663. The molecule has 1 rings (SSSR count). The molecule has 110 valence electrons. The summed E-state index contributed by atoms with van der Waals surface area (Å²) in [4.78, 5) is 22.6. The summed E-state index contributed by atoms with van der Waals surface area (Å²) in [6.45, 7) is 2.23. The third-order valence-electron chi connectivity index (χ3n) is 2.67. The van der Waals surface area contributed by atoms with Crippen molar-refractivity contribution in [1.82, 2.24) is 5.32 Å². The molecular formula is C14H19NO5. The topological polar surface area (TPSA) is 95.9 Å². The van der Waals surface area contributed by atoms with Gasteiger partial charge in [0.2, 0.25) is 0 Å². The molecule has 0 radical (unpaired) electrons. The van der Waals surface area contributed by atoms with E-state index in [-0.39, 0.29) is 18.8 Å². The summed E-state index contributed by atoms with van der Waals surface area (Å²) in [5.74, 6) is -1.10. The van der Waals surface area contributed by atoms with Crippen molar-refractivity contribution in [2.75, 3.05) is 6.61 Å². The van der Waals surface area contributed by atoms with Crippen LogP contribution in [0.25, 0.3) is 0 Å². The molecule has 0 spiro atoms. The van der Waals surface area contributed by atoms with Crippen molar-refractivity contribution in [3.8, 4) is 5.75 Å². The van der Waals surface area contributed by atoms with Gasteiger partial charge in [0.15, 0.2) is 0 Å². The maximum absolute atomic E-state index is 11.4. The van der Waals surface area contributed by atoms with Crippen LogP contribution >= 0.6 is 0 Å². The summed E-state index contributed by atoms with van der Waals surface area (Å²) < 4.78 is 4.86. The van der Waals surface area contributed by atoms with Crippen LogP contribution in [0.1, 0.15) is 25.3 Å². The molecule has 0 aromatic heterocycles. The van der Waals surface area contributed by atoms with Crippen molar-refractivity contribution in [2.24, 2.45) is 0 Å². The summed E-state index contributed by atoms with van der Waals surface area (Å²) in [5.41, 5.74) is 0.617. The van der Waals surface area contributed by atoms with Gasteiger partial charge in [0.25, 0.3) is 0 Å². The summed E-state index contributed by atoms with van der Waals surface area (Å²) in [7, 11) is 0. The molecule has 1 aromatic carbocycles. The highest BCUT2D eigenvalue weighted by atomic mass is 16.5. The molecule has 0 saturated heterocycles. The number of rotatable bonds is 7. The molecule has 0 aliphatic rings. The van der Waals surface area contributed by atoms with E-state index < -0.39 is 18.1 Å². The average molecular weight is 281 g/mol. The van der Waals surface area contributed by atoms with E-state index in [2.05, 4.69) is 5.32 Å². The molecule has 0 unspecified atom stereocenters. The van der Waals surface area contributed by atoms with Gasteiger partial charge in [0.05, 0.1) is 6.61 Å². The van der Waals surface area contributed by atoms with E-state index in [1.807, 2.05) is 6.92 Å². The number of carbonyl (C=O) groups is 2. The lowest BCUT2D eigenvalue weighted by Crippen LogP contribution is -2.42. The van der Waals surface area contributed by atoms with Crippen molar-refractivity contribution in [3.05, 3.63) is 29.8 Å². The number of alkyl carbamates (subject to hydrolysis) is 1. The van der Waals surface area contributed by atoms with E-state index in [0.29, 0.717) is 5.56 Å². The second-order valence-corrected chi connectivity index (χ2v) is 4.40. The number of phenols is 1. The number of aromatic hydroxyl groups is 1. The molecule has 0 heterocycles. The second kappa shape index (κ2) is 8.04. The largest absolute Gasteiger partial charge is 0.508 e. The number of nitrogens with one attached hydrogen (secondary N) is 1. The maximum atomic E-state index is 11.4. The molecule has 1 aromatic rings. The van der Waals surface area contributed by atoms with Crippen LogP contribution in [0.5, 0.6) is 5.75 Å². The predicted octanol–water partition coefficient (Wildman–Crippen LogP) is 1.91. The summed E-state index contributed by atoms with van der Waals surface area (Å²) in [6.07, 6.45) is 0.953. The average Bonchev–Trinajstić information content (AvgIpc) is 2.38. The zero-order valence-corrected chi connectivity index (χ0v) is 11.3. The van der Waals surface area contributed by atoms with Crippen LogP contribution in [-0.2, 0) is 16.0 Å². The Morgan fingerprint density at radius 2 is 2.15 bits per heavy atom. The minimum absolute atomic E-state index is 0.0529. The minimum Gasteiger partial charge on any atom is -0.508 e. The Morgan fingerprint density at radius 3 is 2.75 bits per heavy atom. The van der Waals surface area contributed by atoms with E-state index in [1.54, 1.807) is 12.1 Å². The lowest BCUT2D eigenvalue weighted by atomic mass is 10.1. The van der Waals surface area contributed by atoms with Gasteiger partial charge in [-0.15, -0.1) is 0 Å². The number of benzene rings is 1. The van der Waals surface area contributed by atoms with Crippen molar-refractivity contribution in [3.63, 3.8) is 0 Å². The summed E-state index contributed by atoms with van der Waals surface area (Å²) in [6, 6.07) is 5.15. The standard InChI is InChI=1S/C14H19NO5/c1-2-3-7-20-14(19)15-12(13(17)18)9-10-5-4-6-11(16)8-10/h4-6,8,12,16H,2-3,7,9H2,1H3,(H,15,19)(H,17,18)/t12-/m0/s1. The number of hydrogen-bond donors (Lipinski definition) is 3. The normalized spacial score (nSPS) is 11.7. The third-order valence-corrected chi connectivity index (χ3v) is 2.67. The zero-order chi connectivity index (χ0) is 15.0. The highest BCUT2D eigenvalue weighted by Gasteiger charge is 2.21. The van der Waals surface area contributed by atoms with Gasteiger partial charge in [-0.05, 0) is 24.1 Å². The van der Waals surface area contributed by atoms with Crippen LogP contribution in [0.3, 0.4) is 0 Å². The van der Waals surface area contributed by atoms with Gasteiger partial charge in [-0.3, -0.25) is 0 Å². The fraction of sp³-hybridized carbons (Fsp3) is 0.429. The summed E-state index contributed by atoms with van der Waals surface area (Å²) >= 11 is 0.